The van der Waals surface area contributed by atoms with Crippen LogP contribution in [0.3, 0.4) is 0 Å². The standard InChI is InChI=1S/C12H17FN2O4S/c1-14(2)6-7-15(3)20(18,19)11-5-4-9(12(16)17)8-10(11)13/h4-5,8H,6-7H2,1-3H3,(H,16,17). The highest BCUT2D eigenvalue weighted by atomic mass is 32.2. The Kier molecular flexibility index (Phi) is 5.21. The number of halogens is 1. The van der Waals surface area contributed by atoms with E-state index in [0.717, 1.165) is 16.4 Å². The zero-order valence-electron chi connectivity index (χ0n) is 11.5. The highest BCUT2D eigenvalue weighted by molar-refractivity contribution is 7.89. The van der Waals surface area contributed by atoms with Crippen LogP contribution in [0.5, 0.6) is 0 Å². The molecule has 0 bridgehead atoms. The van der Waals surface area contributed by atoms with Gasteiger partial charge in [0.05, 0.1) is 5.56 Å². The van der Waals surface area contributed by atoms with E-state index in [1.165, 1.54) is 7.05 Å². The summed E-state index contributed by atoms with van der Waals surface area (Å²) in [4.78, 5) is 12.0. The predicted molar refractivity (Wildman–Crippen MR) is 71.7 cm³/mol. The Morgan fingerprint density at radius 3 is 2.30 bits per heavy atom. The Bertz CT molecular complexity index is 601. The third kappa shape index (κ3) is 3.75. The Balaban J connectivity index is 3.06. The van der Waals surface area contributed by atoms with Crippen LogP contribution in [-0.4, -0.2) is 62.9 Å². The van der Waals surface area contributed by atoms with Gasteiger partial charge in [0.1, 0.15) is 10.7 Å². The van der Waals surface area contributed by atoms with Crippen molar-refractivity contribution in [3.8, 4) is 0 Å². The van der Waals surface area contributed by atoms with E-state index in [1.54, 1.807) is 19.0 Å². The maximum atomic E-state index is 13.8. The van der Waals surface area contributed by atoms with Crippen molar-refractivity contribution in [1.29, 1.82) is 0 Å². The van der Waals surface area contributed by atoms with Crippen LogP contribution in [0.4, 0.5) is 4.39 Å². The summed E-state index contributed by atoms with van der Waals surface area (Å²) in [7, 11) is 0.970. The molecular weight excluding hydrogens is 287 g/mol. The predicted octanol–water partition coefficient (Wildman–Crippen LogP) is 0.706. The molecule has 0 atom stereocenters. The molecule has 20 heavy (non-hydrogen) atoms. The first-order chi connectivity index (χ1) is 9.16. The summed E-state index contributed by atoms with van der Waals surface area (Å²) in [6, 6.07) is 2.74. The smallest absolute Gasteiger partial charge is 0.335 e. The SMILES string of the molecule is CN(C)CCN(C)S(=O)(=O)c1ccc(C(=O)O)cc1F. The molecule has 0 radical (unpaired) electrons. The zero-order valence-corrected chi connectivity index (χ0v) is 12.3. The monoisotopic (exact) mass is 304 g/mol. The molecule has 1 N–H and O–H groups in total. The lowest BCUT2D eigenvalue weighted by atomic mass is 10.2. The molecule has 0 saturated carbocycles. The Morgan fingerprint density at radius 2 is 1.85 bits per heavy atom. The van der Waals surface area contributed by atoms with Crippen molar-refractivity contribution in [2.45, 2.75) is 4.90 Å². The highest BCUT2D eigenvalue weighted by Crippen LogP contribution is 2.19. The van der Waals surface area contributed by atoms with Crippen LogP contribution >= 0.6 is 0 Å². The molecule has 0 saturated heterocycles. The fourth-order valence-electron chi connectivity index (χ4n) is 1.47. The quantitative estimate of drug-likeness (QED) is 0.837. The highest BCUT2D eigenvalue weighted by Gasteiger charge is 2.25. The van der Waals surface area contributed by atoms with Gasteiger partial charge in [-0.25, -0.2) is 17.6 Å². The number of sulfonamides is 1. The second-order valence-electron chi connectivity index (χ2n) is 4.58. The number of carboxylic acid groups (broad SMARTS) is 1. The average molecular weight is 304 g/mol. The molecule has 112 valence electrons. The number of hydrogen-bond donors (Lipinski definition) is 1. The molecule has 0 amide bonds. The van der Waals surface area contributed by atoms with Gasteiger partial charge < -0.3 is 10.0 Å². The molecule has 0 aliphatic rings. The van der Waals surface area contributed by atoms with Crippen LogP contribution in [0, 0.1) is 5.82 Å². The van der Waals surface area contributed by atoms with Crippen molar-refractivity contribution < 1.29 is 22.7 Å². The normalized spacial score (nSPS) is 12.1. The third-order valence-electron chi connectivity index (χ3n) is 2.73. The number of benzene rings is 1. The number of likely N-dealkylation sites (N-methyl/N-ethyl adjacent to an activating group) is 2. The van der Waals surface area contributed by atoms with Gasteiger partial charge in [0.25, 0.3) is 0 Å². The van der Waals surface area contributed by atoms with Crippen LogP contribution in [0.1, 0.15) is 10.4 Å². The lowest BCUT2D eigenvalue weighted by Crippen LogP contribution is -2.34. The van der Waals surface area contributed by atoms with E-state index in [-0.39, 0.29) is 12.1 Å². The molecule has 1 rings (SSSR count). The summed E-state index contributed by atoms with van der Waals surface area (Å²) < 4.78 is 39.2. The van der Waals surface area contributed by atoms with Gasteiger partial charge in [-0.3, -0.25) is 0 Å². The lowest BCUT2D eigenvalue weighted by molar-refractivity contribution is 0.0696. The van der Waals surface area contributed by atoms with Gasteiger partial charge in [-0.1, -0.05) is 0 Å². The summed E-state index contributed by atoms with van der Waals surface area (Å²) >= 11 is 0. The first kappa shape index (κ1) is 16.5. The Labute approximate surface area is 117 Å². The minimum atomic E-state index is -3.97. The fraction of sp³-hybridized carbons (Fsp3) is 0.417. The number of rotatable bonds is 6. The van der Waals surface area contributed by atoms with Crippen molar-refractivity contribution in [3.05, 3.63) is 29.6 Å². The molecule has 6 nitrogen and oxygen atoms in total. The first-order valence-corrected chi connectivity index (χ1v) is 7.24. The first-order valence-electron chi connectivity index (χ1n) is 5.80. The van der Waals surface area contributed by atoms with Gasteiger partial charge in [0.2, 0.25) is 10.0 Å². The van der Waals surface area contributed by atoms with Crippen LogP contribution in [0.15, 0.2) is 23.1 Å². The molecule has 0 fully saturated rings. The second kappa shape index (κ2) is 6.29. The summed E-state index contributed by atoms with van der Waals surface area (Å²) in [6.07, 6.45) is 0. The van der Waals surface area contributed by atoms with Crippen molar-refractivity contribution in [2.75, 3.05) is 34.2 Å². The fourth-order valence-corrected chi connectivity index (χ4v) is 2.68. The Morgan fingerprint density at radius 1 is 1.25 bits per heavy atom. The van der Waals surface area contributed by atoms with E-state index >= 15 is 0 Å². The zero-order chi connectivity index (χ0) is 15.5. The van der Waals surface area contributed by atoms with Gasteiger partial charge in [-0.2, -0.15) is 4.31 Å². The molecule has 1 aromatic carbocycles. The van der Waals surface area contributed by atoms with E-state index in [4.69, 9.17) is 5.11 Å². The van der Waals surface area contributed by atoms with Gasteiger partial charge >= 0.3 is 5.97 Å². The molecule has 0 aromatic heterocycles. The van der Waals surface area contributed by atoms with Crippen molar-refractivity contribution in [1.82, 2.24) is 9.21 Å². The average Bonchev–Trinajstić information content (AvgIpc) is 2.35. The molecule has 0 aliphatic carbocycles. The molecule has 1 aromatic rings. The summed E-state index contributed by atoms with van der Waals surface area (Å²) in [6.45, 7) is 0.694. The van der Waals surface area contributed by atoms with E-state index in [2.05, 4.69) is 0 Å². The summed E-state index contributed by atoms with van der Waals surface area (Å²) in [5.41, 5.74) is -0.294. The van der Waals surface area contributed by atoms with Crippen molar-refractivity contribution in [3.63, 3.8) is 0 Å². The van der Waals surface area contributed by atoms with Crippen molar-refractivity contribution in [2.24, 2.45) is 0 Å². The van der Waals surface area contributed by atoms with Gasteiger partial charge in [-0.15, -0.1) is 0 Å². The lowest BCUT2D eigenvalue weighted by Gasteiger charge is -2.19. The van der Waals surface area contributed by atoms with Crippen LogP contribution in [0.2, 0.25) is 0 Å². The second-order valence-corrected chi connectivity index (χ2v) is 6.59. The van der Waals surface area contributed by atoms with Crippen molar-refractivity contribution >= 4 is 16.0 Å². The van der Waals surface area contributed by atoms with E-state index < -0.39 is 26.7 Å². The molecule has 8 heteroatoms. The maximum absolute atomic E-state index is 13.8. The number of aromatic carboxylic acids is 1. The molecule has 0 heterocycles. The maximum Gasteiger partial charge on any atom is 0.335 e. The summed E-state index contributed by atoms with van der Waals surface area (Å²) in [5.74, 6) is -2.38. The third-order valence-corrected chi connectivity index (χ3v) is 4.62. The van der Waals surface area contributed by atoms with Crippen LogP contribution < -0.4 is 0 Å². The minimum Gasteiger partial charge on any atom is -0.478 e. The molecule has 0 aliphatic heterocycles. The van der Waals surface area contributed by atoms with E-state index in [9.17, 15) is 17.6 Å². The van der Waals surface area contributed by atoms with Crippen LogP contribution in [0.25, 0.3) is 0 Å². The van der Waals surface area contributed by atoms with E-state index in [0.29, 0.717) is 12.6 Å². The number of nitrogens with zero attached hydrogens (tertiary/aromatic N) is 2. The molecular formula is C12H17FN2O4S. The molecule has 0 spiro atoms. The minimum absolute atomic E-state index is 0.204. The van der Waals surface area contributed by atoms with Gasteiger partial charge in [0, 0.05) is 20.1 Å². The number of carboxylic acids is 1. The molecule has 0 unspecified atom stereocenters. The Hall–Kier alpha value is -1.51. The topological polar surface area (TPSA) is 77.9 Å². The van der Waals surface area contributed by atoms with Gasteiger partial charge in [0.15, 0.2) is 0 Å². The van der Waals surface area contributed by atoms with Crippen LogP contribution in [-0.2, 0) is 10.0 Å². The number of carbonyl (C=O) groups is 1. The largest absolute Gasteiger partial charge is 0.478 e. The van der Waals surface area contributed by atoms with Gasteiger partial charge in [-0.05, 0) is 32.3 Å². The van der Waals surface area contributed by atoms with E-state index in [1.807, 2.05) is 0 Å². The summed E-state index contributed by atoms with van der Waals surface area (Å²) in [5, 5.41) is 8.73. The number of hydrogen-bond acceptors (Lipinski definition) is 4.